The Morgan fingerprint density at radius 1 is 1.63 bits per heavy atom. The van der Waals surface area contributed by atoms with Gasteiger partial charge in [0, 0.05) is 18.1 Å². The lowest BCUT2D eigenvalue weighted by molar-refractivity contribution is 0.455. The van der Waals surface area contributed by atoms with Crippen LogP contribution in [-0.2, 0) is 6.54 Å². The summed E-state index contributed by atoms with van der Waals surface area (Å²) in [5, 5.41) is 6.14. The van der Waals surface area contributed by atoms with E-state index in [4.69, 9.17) is 11.6 Å². The minimum Gasteiger partial charge on any atom is -0.311 e. The van der Waals surface area contributed by atoms with E-state index in [-0.39, 0.29) is 0 Å². The molecule has 0 aliphatic carbocycles. The summed E-state index contributed by atoms with van der Waals surface area (Å²) in [5.41, 5.74) is 0.935. The Hall–Kier alpha value is -0.840. The van der Waals surface area contributed by atoms with Crippen LogP contribution in [-0.4, -0.2) is 15.9 Å². The molecule has 1 unspecified atom stereocenters. The van der Waals surface area contributed by atoms with Crippen LogP contribution in [0.15, 0.2) is 24.2 Å². The summed E-state index contributed by atoms with van der Waals surface area (Å²) in [6.45, 7) is 7.76. The molecule has 0 aliphatic rings. The van der Waals surface area contributed by atoms with Crippen molar-refractivity contribution >= 4 is 27.9 Å². The average Bonchev–Trinajstić information content (AvgIpc) is 2.97. The molecule has 5 heteroatoms. The topological polar surface area (TPSA) is 29.3 Å². The van der Waals surface area contributed by atoms with Gasteiger partial charge < -0.3 is 5.32 Å². The zero-order valence-electron chi connectivity index (χ0n) is 11.2. The summed E-state index contributed by atoms with van der Waals surface area (Å²) in [4.78, 5) is 5.47. The average molecular weight is 298 g/mol. The minimum atomic E-state index is 0.724. The molecule has 0 aromatic carbocycles. The van der Waals surface area contributed by atoms with Crippen molar-refractivity contribution < 1.29 is 0 Å². The summed E-state index contributed by atoms with van der Waals surface area (Å²) in [5.74, 6) is 0.728. The molecule has 0 bridgehead atoms. The SMILES string of the molecule is C=CCC(CC)CCNCc1nc2sccn2c1Cl. The smallest absolute Gasteiger partial charge is 0.195 e. The van der Waals surface area contributed by atoms with Crippen LogP contribution in [0, 0.1) is 5.92 Å². The fraction of sp³-hybridized carbons (Fsp3) is 0.500. The summed E-state index contributed by atoms with van der Waals surface area (Å²) in [6.07, 6.45) is 7.43. The van der Waals surface area contributed by atoms with Gasteiger partial charge in [0.25, 0.3) is 0 Å². The number of thiazole rings is 1. The normalized spacial score (nSPS) is 12.9. The van der Waals surface area contributed by atoms with Crippen LogP contribution in [0.4, 0.5) is 0 Å². The fourth-order valence-electron chi connectivity index (χ4n) is 2.15. The van der Waals surface area contributed by atoms with E-state index in [2.05, 4.69) is 23.8 Å². The van der Waals surface area contributed by atoms with Crippen molar-refractivity contribution in [1.29, 1.82) is 0 Å². The molecule has 3 nitrogen and oxygen atoms in total. The Labute approximate surface area is 123 Å². The van der Waals surface area contributed by atoms with Gasteiger partial charge in [-0.25, -0.2) is 4.98 Å². The van der Waals surface area contributed by atoms with Gasteiger partial charge in [0.1, 0.15) is 5.15 Å². The zero-order chi connectivity index (χ0) is 13.7. The van der Waals surface area contributed by atoms with Gasteiger partial charge in [0.2, 0.25) is 0 Å². The Morgan fingerprint density at radius 2 is 2.47 bits per heavy atom. The third-order valence-corrected chi connectivity index (χ3v) is 4.53. The molecule has 1 N–H and O–H groups in total. The maximum Gasteiger partial charge on any atom is 0.195 e. The molecule has 0 spiro atoms. The van der Waals surface area contributed by atoms with Crippen molar-refractivity contribution in [3.63, 3.8) is 0 Å². The van der Waals surface area contributed by atoms with E-state index < -0.39 is 0 Å². The molecule has 2 heterocycles. The van der Waals surface area contributed by atoms with Crippen molar-refractivity contribution in [3.8, 4) is 0 Å². The van der Waals surface area contributed by atoms with Crippen molar-refractivity contribution in [2.45, 2.75) is 32.7 Å². The van der Waals surface area contributed by atoms with Gasteiger partial charge in [-0.15, -0.1) is 17.9 Å². The lowest BCUT2D eigenvalue weighted by Crippen LogP contribution is -2.18. The van der Waals surface area contributed by atoms with Gasteiger partial charge >= 0.3 is 0 Å². The van der Waals surface area contributed by atoms with E-state index in [1.165, 1.54) is 12.8 Å². The quantitative estimate of drug-likeness (QED) is 0.586. The second-order valence-corrected chi connectivity index (χ2v) is 5.90. The first-order valence-corrected chi connectivity index (χ1v) is 7.93. The second kappa shape index (κ2) is 7.08. The molecule has 19 heavy (non-hydrogen) atoms. The largest absolute Gasteiger partial charge is 0.311 e. The molecule has 2 rings (SSSR count). The first kappa shape index (κ1) is 14.6. The summed E-state index contributed by atoms with van der Waals surface area (Å²) in [7, 11) is 0. The van der Waals surface area contributed by atoms with E-state index in [1.54, 1.807) is 11.3 Å². The first-order valence-electron chi connectivity index (χ1n) is 6.67. The first-order chi connectivity index (χ1) is 9.26. The highest BCUT2D eigenvalue weighted by molar-refractivity contribution is 7.15. The van der Waals surface area contributed by atoms with Gasteiger partial charge in [-0.2, -0.15) is 0 Å². The molecule has 104 valence electrons. The van der Waals surface area contributed by atoms with Crippen LogP contribution < -0.4 is 5.32 Å². The highest BCUT2D eigenvalue weighted by Crippen LogP contribution is 2.21. The predicted octanol–water partition coefficient (Wildman–Crippen LogP) is 4.13. The molecule has 0 aliphatic heterocycles. The molecule has 0 radical (unpaired) electrons. The predicted molar refractivity (Wildman–Crippen MR) is 83.0 cm³/mol. The van der Waals surface area contributed by atoms with E-state index in [9.17, 15) is 0 Å². The number of aromatic nitrogens is 2. The minimum absolute atomic E-state index is 0.724. The summed E-state index contributed by atoms with van der Waals surface area (Å²) < 4.78 is 1.93. The molecule has 2 aromatic heterocycles. The van der Waals surface area contributed by atoms with Crippen LogP contribution in [0.3, 0.4) is 0 Å². The molecule has 0 saturated carbocycles. The number of rotatable bonds is 8. The molecule has 0 saturated heterocycles. The molecule has 0 amide bonds. The number of halogens is 1. The number of hydrogen-bond donors (Lipinski definition) is 1. The van der Waals surface area contributed by atoms with Gasteiger partial charge in [0.05, 0.1) is 5.69 Å². The van der Waals surface area contributed by atoms with E-state index in [0.717, 1.165) is 41.2 Å². The van der Waals surface area contributed by atoms with Crippen molar-refractivity contribution in [3.05, 3.63) is 35.1 Å². The van der Waals surface area contributed by atoms with Gasteiger partial charge in [-0.3, -0.25) is 4.40 Å². The van der Waals surface area contributed by atoms with E-state index >= 15 is 0 Å². The molecule has 2 aromatic rings. The monoisotopic (exact) mass is 297 g/mol. The maximum atomic E-state index is 6.27. The van der Waals surface area contributed by atoms with Crippen LogP contribution >= 0.6 is 22.9 Å². The second-order valence-electron chi connectivity index (χ2n) is 4.67. The number of imidazole rings is 1. The van der Waals surface area contributed by atoms with Crippen molar-refractivity contribution in [2.75, 3.05) is 6.54 Å². The van der Waals surface area contributed by atoms with Crippen molar-refractivity contribution in [1.82, 2.24) is 14.7 Å². The van der Waals surface area contributed by atoms with Crippen LogP contribution in [0.1, 0.15) is 31.9 Å². The molecule has 0 fully saturated rings. The Balaban J connectivity index is 1.80. The highest BCUT2D eigenvalue weighted by atomic mass is 35.5. The van der Waals surface area contributed by atoms with Gasteiger partial charge in [0.15, 0.2) is 4.96 Å². The van der Waals surface area contributed by atoms with Crippen LogP contribution in [0.25, 0.3) is 4.96 Å². The highest BCUT2D eigenvalue weighted by Gasteiger charge is 2.10. The summed E-state index contributed by atoms with van der Waals surface area (Å²) >= 11 is 7.88. The summed E-state index contributed by atoms with van der Waals surface area (Å²) in [6, 6.07) is 0. The standard InChI is InChI=1S/C14H20ClN3S/c1-3-5-11(4-2)6-7-16-10-12-13(15)18-8-9-19-14(18)17-12/h3,8-9,11,16H,1,4-7,10H2,2H3. The third kappa shape index (κ3) is 3.59. The van der Waals surface area contributed by atoms with Gasteiger partial charge in [-0.1, -0.05) is 31.0 Å². The Kier molecular flexibility index (Phi) is 5.43. The fourth-order valence-corrected chi connectivity index (χ4v) is 3.18. The molecular weight excluding hydrogens is 278 g/mol. The maximum absolute atomic E-state index is 6.27. The lowest BCUT2D eigenvalue weighted by atomic mass is 9.99. The number of fused-ring (bicyclic) bond motifs is 1. The Morgan fingerprint density at radius 3 is 3.16 bits per heavy atom. The molecular formula is C14H20ClN3S. The number of nitrogens with one attached hydrogen (secondary N) is 1. The van der Waals surface area contributed by atoms with E-state index in [1.807, 2.05) is 22.1 Å². The van der Waals surface area contributed by atoms with Crippen molar-refractivity contribution in [2.24, 2.45) is 5.92 Å². The molecule has 1 atom stereocenters. The number of nitrogens with zero attached hydrogens (tertiary/aromatic N) is 2. The van der Waals surface area contributed by atoms with E-state index in [0.29, 0.717) is 0 Å². The van der Waals surface area contributed by atoms with Crippen LogP contribution in [0.5, 0.6) is 0 Å². The Bertz CT molecular complexity index is 532. The number of allylic oxidation sites excluding steroid dienone is 1. The lowest BCUT2D eigenvalue weighted by Gasteiger charge is -2.12. The van der Waals surface area contributed by atoms with Crippen LogP contribution in [0.2, 0.25) is 5.15 Å². The number of hydrogen-bond acceptors (Lipinski definition) is 3. The third-order valence-electron chi connectivity index (χ3n) is 3.37. The zero-order valence-corrected chi connectivity index (χ0v) is 12.8. The van der Waals surface area contributed by atoms with Gasteiger partial charge in [-0.05, 0) is 25.3 Å².